The minimum atomic E-state index is -0.254. The number of aromatic nitrogens is 1. The van der Waals surface area contributed by atoms with Gasteiger partial charge >= 0.3 is 0 Å². The highest BCUT2D eigenvalue weighted by atomic mass is 79.9. The quantitative estimate of drug-likeness (QED) is 0.494. The van der Waals surface area contributed by atoms with Crippen molar-refractivity contribution in [2.75, 3.05) is 5.32 Å². The summed E-state index contributed by atoms with van der Waals surface area (Å²) in [7, 11) is 0. The topological polar surface area (TPSA) is 71.1 Å². The molecule has 0 aliphatic heterocycles. The van der Waals surface area contributed by atoms with E-state index >= 15 is 0 Å². The summed E-state index contributed by atoms with van der Waals surface area (Å²) in [5.74, 6) is -0.304. The highest BCUT2D eigenvalue weighted by Crippen LogP contribution is 2.27. The third-order valence-corrected chi connectivity index (χ3v) is 5.62. The number of nitrogens with zero attached hydrogens (tertiary/aromatic N) is 1. The van der Waals surface area contributed by atoms with Crippen LogP contribution in [0.3, 0.4) is 0 Å². The predicted octanol–water partition coefficient (Wildman–Crippen LogP) is 5.12. The van der Waals surface area contributed by atoms with Crippen molar-refractivity contribution in [3.8, 4) is 11.3 Å². The Morgan fingerprint density at radius 2 is 1.93 bits per heavy atom. The van der Waals surface area contributed by atoms with Gasteiger partial charge in [0, 0.05) is 33.1 Å². The second-order valence-electron chi connectivity index (χ2n) is 6.74. The van der Waals surface area contributed by atoms with Gasteiger partial charge in [0.15, 0.2) is 5.13 Å². The fourth-order valence-corrected chi connectivity index (χ4v) is 3.79. The highest BCUT2D eigenvalue weighted by Gasteiger charge is 2.23. The molecule has 0 radical (unpaired) electrons. The van der Waals surface area contributed by atoms with Crippen LogP contribution in [0.2, 0.25) is 0 Å². The molecular formula is C22H18BrN3O2S. The lowest BCUT2D eigenvalue weighted by atomic mass is 10.1. The Hall–Kier alpha value is -2.77. The van der Waals surface area contributed by atoms with Gasteiger partial charge in [-0.05, 0) is 48.7 Å². The van der Waals surface area contributed by atoms with Crippen LogP contribution in [0.1, 0.15) is 28.8 Å². The number of benzene rings is 2. The summed E-state index contributed by atoms with van der Waals surface area (Å²) in [5.41, 5.74) is 3.27. The maximum atomic E-state index is 12.2. The number of halogens is 1. The van der Waals surface area contributed by atoms with Crippen molar-refractivity contribution < 1.29 is 9.59 Å². The Bertz CT molecular complexity index is 1070. The van der Waals surface area contributed by atoms with Crippen molar-refractivity contribution in [2.24, 2.45) is 0 Å². The van der Waals surface area contributed by atoms with Crippen molar-refractivity contribution in [3.05, 3.63) is 75.6 Å². The van der Waals surface area contributed by atoms with Crippen LogP contribution in [0, 0.1) is 0 Å². The largest absolute Gasteiger partial charge is 0.349 e. The molecule has 1 saturated carbocycles. The second-order valence-corrected chi connectivity index (χ2v) is 8.51. The molecule has 29 heavy (non-hydrogen) atoms. The van der Waals surface area contributed by atoms with Gasteiger partial charge in [0.2, 0.25) is 5.91 Å². The summed E-state index contributed by atoms with van der Waals surface area (Å²) < 4.78 is 0.979. The number of thiazole rings is 1. The van der Waals surface area contributed by atoms with Gasteiger partial charge in [-0.2, -0.15) is 0 Å². The summed E-state index contributed by atoms with van der Waals surface area (Å²) in [6, 6.07) is 15.4. The zero-order valence-corrected chi connectivity index (χ0v) is 17.8. The average Bonchev–Trinajstić information content (AvgIpc) is 3.41. The molecule has 0 bridgehead atoms. The summed E-state index contributed by atoms with van der Waals surface area (Å²) >= 11 is 4.83. The summed E-state index contributed by atoms with van der Waals surface area (Å²) in [6.07, 6.45) is 5.29. The maximum absolute atomic E-state index is 12.2. The van der Waals surface area contributed by atoms with E-state index < -0.39 is 0 Å². The zero-order valence-electron chi connectivity index (χ0n) is 15.4. The Kier molecular flexibility index (Phi) is 5.87. The van der Waals surface area contributed by atoms with Crippen LogP contribution in [0.25, 0.3) is 17.3 Å². The van der Waals surface area contributed by atoms with Crippen molar-refractivity contribution >= 4 is 50.3 Å². The molecule has 0 saturated heterocycles. The van der Waals surface area contributed by atoms with Gasteiger partial charge in [0.1, 0.15) is 0 Å². The molecule has 0 spiro atoms. The van der Waals surface area contributed by atoms with Crippen LogP contribution >= 0.6 is 27.3 Å². The molecule has 1 heterocycles. The number of rotatable bonds is 6. The Labute approximate surface area is 181 Å². The summed E-state index contributed by atoms with van der Waals surface area (Å²) in [5, 5.41) is 8.19. The van der Waals surface area contributed by atoms with Gasteiger partial charge in [-0.3, -0.25) is 14.9 Å². The molecule has 1 aliphatic rings. The summed E-state index contributed by atoms with van der Waals surface area (Å²) in [4.78, 5) is 28.6. The number of carbonyl (C=O) groups is 2. The number of carbonyl (C=O) groups excluding carboxylic acids is 2. The second kappa shape index (κ2) is 8.71. The number of nitrogens with one attached hydrogen (secondary N) is 2. The Morgan fingerprint density at radius 1 is 1.14 bits per heavy atom. The highest BCUT2D eigenvalue weighted by molar-refractivity contribution is 9.10. The first kappa shape index (κ1) is 19.5. The molecule has 0 atom stereocenters. The van der Waals surface area contributed by atoms with Gasteiger partial charge in [0.25, 0.3) is 5.91 Å². The monoisotopic (exact) mass is 467 g/mol. The standard InChI is InChI=1S/C22H18BrN3O2S/c23-17-3-1-2-16(12-17)19-13-29-22(25-19)26-20(27)11-6-14-4-7-15(8-5-14)21(28)24-18-9-10-18/h1-8,11-13,18H,9-10H2,(H,24,28)(H,25,26,27). The van der Waals surface area contributed by atoms with E-state index in [1.807, 2.05) is 41.8 Å². The van der Waals surface area contributed by atoms with Gasteiger partial charge in [0.05, 0.1) is 5.69 Å². The normalized spacial score (nSPS) is 13.4. The van der Waals surface area contributed by atoms with Crippen molar-refractivity contribution in [3.63, 3.8) is 0 Å². The fourth-order valence-electron chi connectivity index (χ4n) is 2.67. The summed E-state index contributed by atoms with van der Waals surface area (Å²) in [6.45, 7) is 0. The molecule has 2 amide bonds. The molecule has 1 aromatic heterocycles. The third kappa shape index (κ3) is 5.40. The van der Waals surface area contributed by atoms with E-state index in [9.17, 15) is 9.59 Å². The number of hydrogen-bond donors (Lipinski definition) is 2. The van der Waals surface area contributed by atoms with Crippen LogP contribution < -0.4 is 10.6 Å². The van der Waals surface area contributed by atoms with Crippen molar-refractivity contribution in [1.29, 1.82) is 0 Å². The first-order valence-corrected chi connectivity index (χ1v) is 10.9. The molecule has 2 N–H and O–H groups in total. The van der Waals surface area contributed by atoms with Gasteiger partial charge in [-0.25, -0.2) is 4.98 Å². The molecule has 2 aromatic carbocycles. The minimum Gasteiger partial charge on any atom is -0.349 e. The number of amides is 2. The van der Waals surface area contributed by atoms with E-state index in [0.29, 0.717) is 16.7 Å². The predicted molar refractivity (Wildman–Crippen MR) is 120 cm³/mol. The van der Waals surface area contributed by atoms with Crippen LogP contribution in [0.15, 0.2) is 64.5 Å². The van der Waals surface area contributed by atoms with Crippen LogP contribution in [0.5, 0.6) is 0 Å². The molecule has 5 nitrogen and oxygen atoms in total. The lowest BCUT2D eigenvalue weighted by Gasteiger charge is -2.03. The minimum absolute atomic E-state index is 0.0502. The van der Waals surface area contributed by atoms with E-state index in [1.165, 1.54) is 17.4 Å². The molecule has 1 aliphatic carbocycles. The number of hydrogen-bond acceptors (Lipinski definition) is 4. The van der Waals surface area contributed by atoms with Crippen LogP contribution in [0.4, 0.5) is 5.13 Å². The average molecular weight is 468 g/mol. The zero-order chi connectivity index (χ0) is 20.2. The molecule has 3 aromatic rings. The van der Waals surface area contributed by atoms with E-state index in [0.717, 1.165) is 34.1 Å². The Balaban J connectivity index is 1.34. The molecule has 7 heteroatoms. The molecule has 0 unspecified atom stereocenters. The smallest absolute Gasteiger partial charge is 0.251 e. The number of anilines is 1. The van der Waals surface area contributed by atoms with E-state index in [-0.39, 0.29) is 11.8 Å². The van der Waals surface area contributed by atoms with E-state index in [4.69, 9.17) is 0 Å². The van der Waals surface area contributed by atoms with Crippen molar-refractivity contribution in [2.45, 2.75) is 18.9 Å². The SMILES string of the molecule is O=C(C=Cc1ccc(C(=O)NC2CC2)cc1)Nc1nc(-c2cccc(Br)c2)cs1. The van der Waals surface area contributed by atoms with Crippen LogP contribution in [-0.4, -0.2) is 22.8 Å². The lowest BCUT2D eigenvalue weighted by Crippen LogP contribution is -2.25. The van der Waals surface area contributed by atoms with Crippen LogP contribution in [-0.2, 0) is 4.79 Å². The van der Waals surface area contributed by atoms with Gasteiger partial charge in [-0.15, -0.1) is 11.3 Å². The van der Waals surface area contributed by atoms with E-state index in [1.54, 1.807) is 18.2 Å². The van der Waals surface area contributed by atoms with E-state index in [2.05, 4.69) is 31.5 Å². The Morgan fingerprint density at radius 3 is 2.66 bits per heavy atom. The maximum Gasteiger partial charge on any atom is 0.251 e. The van der Waals surface area contributed by atoms with Crippen molar-refractivity contribution in [1.82, 2.24) is 10.3 Å². The fraction of sp³-hybridized carbons (Fsp3) is 0.136. The molecule has 146 valence electrons. The first-order chi connectivity index (χ1) is 14.1. The molecule has 4 rings (SSSR count). The van der Waals surface area contributed by atoms with Gasteiger partial charge < -0.3 is 5.32 Å². The first-order valence-electron chi connectivity index (χ1n) is 9.18. The molecular weight excluding hydrogens is 450 g/mol. The lowest BCUT2D eigenvalue weighted by molar-refractivity contribution is -0.111. The third-order valence-electron chi connectivity index (χ3n) is 4.37. The molecule has 1 fully saturated rings. The van der Waals surface area contributed by atoms with Gasteiger partial charge in [-0.1, -0.05) is 40.2 Å².